The average molecular weight is 473 g/mol. The summed E-state index contributed by atoms with van der Waals surface area (Å²) in [6.07, 6.45) is 2.88. The van der Waals surface area contributed by atoms with E-state index in [2.05, 4.69) is 32.7 Å². The van der Waals surface area contributed by atoms with E-state index in [0.717, 1.165) is 10.5 Å². The normalized spacial score (nSPS) is 15.7. The minimum Gasteiger partial charge on any atom is -0.486 e. The summed E-state index contributed by atoms with van der Waals surface area (Å²) < 4.78 is 5.42. The summed E-state index contributed by atoms with van der Waals surface area (Å²) in [6.45, 7) is 9.96. The number of carbonyl (C=O) groups excluding carboxylic acids is 3. The number of nitrogens with one attached hydrogen (secondary N) is 1. The lowest BCUT2D eigenvalue weighted by atomic mass is 9.87. The second kappa shape index (κ2) is 9.18. The number of hydrogen-bond donors (Lipinski definition) is 1. The van der Waals surface area contributed by atoms with Gasteiger partial charge in [0.15, 0.2) is 5.75 Å². The van der Waals surface area contributed by atoms with Crippen molar-refractivity contribution in [2.75, 3.05) is 11.5 Å². The molecule has 0 radical (unpaired) electrons. The molecular formula is C24H22Cl2N2O4. The number of benzene rings is 2. The molecule has 1 fully saturated rings. The van der Waals surface area contributed by atoms with Crippen molar-refractivity contribution in [3.63, 3.8) is 0 Å². The molecule has 4 amide bonds. The third-order valence-corrected chi connectivity index (χ3v) is 5.33. The molecule has 166 valence electrons. The number of rotatable bonds is 5. The zero-order valence-electron chi connectivity index (χ0n) is 17.9. The molecule has 0 bridgehead atoms. The number of nitrogens with zero attached hydrogens (tertiary/aromatic N) is 1. The van der Waals surface area contributed by atoms with Crippen LogP contribution in [0.15, 0.2) is 54.6 Å². The number of hydrogen-bond acceptors (Lipinski definition) is 4. The first-order valence-electron chi connectivity index (χ1n) is 9.77. The lowest BCUT2D eigenvalue weighted by molar-refractivity contribution is -0.122. The molecule has 0 atom stereocenters. The molecule has 0 unspecified atom stereocenters. The maximum atomic E-state index is 13.1. The molecule has 8 heteroatoms. The second-order valence-electron chi connectivity index (χ2n) is 8.17. The van der Waals surface area contributed by atoms with Gasteiger partial charge in [0.25, 0.3) is 11.8 Å². The van der Waals surface area contributed by atoms with Gasteiger partial charge in [-0.2, -0.15) is 0 Å². The fourth-order valence-electron chi connectivity index (χ4n) is 3.11. The fraction of sp³-hybridized carbons (Fsp3) is 0.208. The largest absolute Gasteiger partial charge is 0.486 e. The maximum Gasteiger partial charge on any atom is 0.335 e. The highest BCUT2D eigenvalue weighted by molar-refractivity contribution is 6.40. The van der Waals surface area contributed by atoms with Gasteiger partial charge in [0.2, 0.25) is 0 Å². The van der Waals surface area contributed by atoms with E-state index >= 15 is 0 Å². The number of anilines is 1. The number of urea groups is 1. The Labute approximate surface area is 196 Å². The lowest BCUT2D eigenvalue weighted by Gasteiger charge is -2.27. The van der Waals surface area contributed by atoms with Crippen LogP contribution in [0.4, 0.5) is 10.5 Å². The van der Waals surface area contributed by atoms with Gasteiger partial charge in [-0.05, 0) is 46.9 Å². The minimum atomic E-state index is -0.815. The molecular weight excluding hydrogens is 451 g/mol. The van der Waals surface area contributed by atoms with Crippen LogP contribution < -0.4 is 15.0 Å². The van der Waals surface area contributed by atoms with Gasteiger partial charge in [0, 0.05) is 0 Å². The summed E-state index contributed by atoms with van der Waals surface area (Å²) in [5.41, 5.74) is 1.48. The van der Waals surface area contributed by atoms with E-state index in [1.54, 1.807) is 18.2 Å². The van der Waals surface area contributed by atoms with Gasteiger partial charge in [0.1, 0.15) is 12.2 Å². The van der Waals surface area contributed by atoms with E-state index in [0.29, 0.717) is 11.3 Å². The summed E-state index contributed by atoms with van der Waals surface area (Å²) in [7, 11) is 0. The van der Waals surface area contributed by atoms with Crippen LogP contribution >= 0.6 is 23.2 Å². The summed E-state index contributed by atoms with van der Waals surface area (Å²) >= 11 is 12.5. The number of imide groups is 2. The Morgan fingerprint density at radius 3 is 2.19 bits per heavy atom. The molecule has 1 N–H and O–H groups in total. The van der Waals surface area contributed by atoms with E-state index in [-0.39, 0.29) is 33.4 Å². The Morgan fingerprint density at radius 1 is 1.06 bits per heavy atom. The first-order valence-corrected chi connectivity index (χ1v) is 10.5. The Hall–Kier alpha value is -3.09. The summed E-state index contributed by atoms with van der Waals surface area (Å²) in [5.74, 6) is -1.28. The smallest absolute Gasteiger partial charge is 0.335 e. The van der Waals surface area contributed by atoms with Crippen molar-refractivity contribution in [3.8, 4) is 5.75 Å². The Morgan fingerprint density at radius 2 is 1.66 bits per heavy atom. The Kier molecular flexibility index (Phi) is 6.77. The molecule has 0 aliphatic carbocycles. The van der Waals surface area contributed by atoms with Gasteiger partial charge in [-0.3, -0.25) is 14.9 Å². The zero-order chi connectivity index (χ0) is 23.6. The van der Waals surface area contributed by atoms with Gasteiger partial charge >= 0.3 is 6.03 Å². The third kappa shape index (κ3) is 4.87. The molecule has 1 aliphatic rings. The zero-order valence-corrected chi connectivity index (χ0v) is 19.4. The highest BCUT2D eigenvalue weighted by Gasteiger charge is 2.37. The molecule has 0 saturated carbocycles. The van der Waals surface area contributed by atoms with Crippen LogP contribution in [0.5, 0.6) is 5.75 Å². The van der Waals surface area contributed by atoms with Crippen molar-refractivity contribution < 1.29 is 19.1 Å². The number of barbiturate groups is 1. The predicted octanol–water partition coefficient (Wildman–Crippen LogP) is 5.52. The van der Waals surface area contributed by atoms with Crippen molar-refractivity contribution in [2.45, 2.75) is 26.2 Å². The molecule has 1 saturated heterocycles. The van der Waals surface area contributed by atoms with Crippen LogP contribution in [-0.4, -0.2) is 24.5 Å². The molecule has 1 heterocycles. The SMILES string of the molecule is C=CCOc1c(Cl)cc(/C=C2\C(=O)NC(=O)N(c3ccc(C(C)(C)C)cc3)C2=O)cc1Cl. The summed E-state index contributed by atoms with van der Waals surface area (Å²) in [4.78, 5) is 38.8. The van der Waals surface area contributed by atoms with Gasteiger partial charge in [-0.25, -0.2) is 9.69 Å². The van der Waals surface area contributed by atoms with Crippen LogP contribution in [0.25, 0.3) is 6.08 Å². The minimum absolute atomic E-state index is 0.0895. The van der Waals surface area contributed by atoms with E-state index in [4.69, 9.17) is 27.9 Å². The molecule has 0 spiro atoms. The van der Waals surface area contributed by atoms with Crippen LogP contribution in [0, 0.1) is 0 Å². The van der Waals surface area contributed by atoms with Crippen molar-refractivity contribution in [1.82, 2.24) is 5.32 Å². The third-order valence-electron chi connectivity index (χ3n) is 4.77. The quantitative estimate of drug-likeness (QED) is 0.353. The van der Waals surface area contributed by atoms with Crippen LogP contribution in [0.3, 0.4) is 0 Å². The van der Waals surface area contributed by atoms with Crippen LogP contribution in [-0.2, 0) is 15.0 Å². The fourth-order valence-corrected chi connectivity index (χ4v) is 3.73. The lowest BCUT2D eigenvalue weighted by Crippen LogP contribution is -2.54. The molecule has 3 rings (SSSR count). The standard InChI is InChI=1S/C24H22Cl2N2O4/c1-5-10-32-20-18(25)12-14(13-19(20)26)11-17-21(29)27-23(31)28(22(17)30)16-8-6-15(7-9-16)24(2,3)4/h5-9,11-13H,1,10H2,2-4H3,(H,27,29,31)/b17-11+. The topological polar surface area (TPSA) is 75.7 Å². The first kappa shape index (κ1) is 23.6. The number of ether oxygens (including phenoxy) is 1. The van der Waals surface area contributed by atoms with Gasteiger partial charge in [-0.1, -0.05) is 68.8 Å². The van der Waals surface area contributed by atoms with Crippen molar-refractivity contribution >= 4 is 52.8 Å². The van der Waals surface area contributed by atoms with Crippen molar-refractivity contribution in [2.24, 2.45) is 0 Å². The Balaban J connectivity index is 1.96. The molecule has 0 aromatic heterocycles. The van der Waals surface area contributed by atoms with Crippen molar-refractivity contribution in [3.05, 3.63) is 75.8 Å². The monoisotopic (exact) mass is 472 g/mol. The summed E-state index contributed by atoms with van der Waals surface area (Å²) in [5, 5.41) is 2.62. The van der Waals surface area contributed by atoms with E-state index in [1.165, 1.54) is 18.2 Å². The first-order chi connectivity index (χ1) is 15.0. The molecule has 2 aromatic rings. The van der Waals surface area contributed by atoms with Gasteiger partial charge in [-0.15, -0.1) is 0 Å². The van der Waals surface area contributed by atoms with E-state index in [1.807, 2.05) is 12.1 Å². The highest BCUT2D eigenvalue weighted by atomic mass is 35.5. The van der Waals surface area contributed by atoms with Crippen LogP contribution in [0.1, 0.15) is 31.9 Å². The molecule has 1 aliphatic heterocycles. The number of halogens is 2. The van der Waals surface area contributed by atoms with E-state index < -0.39 is 17.8 Å². The number of carbonyl (C=O) groups is 3. The maximum absolute atomic E-state index is 13.1. The van der Waals surface area contributed by atoms with Gasteiger partial charge in [0.05, 0.1) is 15.7 Å². The van der Waals surface area contributed by atoms with E-state index in [9.17, 15) is 14.4 Å². The second-order valence-corrected chi connectivity index (χ2v) is 8.98. The average Bonchev–Trinajstić information content (AvgIpc) is 2.70. The molecule has 2 aromatic carbocycles. The molecule has 6 nitrogen and oxygen atoms in total. The summed E-state index contributed by atoms with van der Waals surface area (Å²) in [6, 6.07) is 9.24. The van der Waals surface area contributed by atoms with Crippen molar-refractivity contribution in [1.29, 1.82) is 0 Å². The van der Waals surface area contributed by atoms with Gasteiger partial charge < -0.3 is 4.74 Å². The Bertz CT molecular complexity index is 1110. The highest BCUT2D eigenvalue weighted by Crippen LogP contribution is 2.35. The predicted molar refractivity (Wildman–Crippen MR) is 126 cm³/mol. The number of amides is 4. The molecule has 32 heavy (non-hydrogen) atoms. The van der Waals surface area contributed by atoms with Crippen LogP contribution in [0.2, 0.25) is 10.0 Å².